The number of nitrogens with zero attached hydrogens (tertiary/aromatic N) is 1. The van der Waals surface area contributed by atoms with Gasteiger partial charge in [0.05, 0.1) is 23.4 Å². The Labute approximate surface area is 180 Å². The van der Waals surface area contributed by atoms with Crippen LogP contribution in [-0.2, 0) is 9.59 Å². The largest absolute Gasteiger partial charge is 0.497 e. The van der Waals surface area contributed by atoms with Gasteiger partial charge in [-0.1, -0.05) is 42.1 Å². The molecule has 2 aromatic carbocycles. The molecule has 0 saturated heterocycles. The lowest BCUT2D eigenvalue weighted by molar-refractivity contribution is -0.127. The Morgan fingerprint density at radius 2 is 1.90 bits per heavy atom. The molecule has 0 saturated carbocycles. The van der Waals surface area contributed by atoms with Gasteiger partial charge in [-0.05, 0) is 43.2 Å². The van der Waals surface area contributed by atoms with Crippen LogP contribution in [0.15, 0.2) is 59.6 Å². The van der Waals surface area contributed by atoms with Crippen LogP contribution < -0.4 is 15.4 Å². The van der Waals surface area contributed by atoms with Crippen molar-refractivity contribution in [3.05, 3.63) is 54.6 Å². The van der Waals surface area contributed by atoms with Crippen molar-refractivity contribution in [1.82, 2.24) is 15.6 Å². The topological polar surface area (TPSA) is 80.3 Å². The maximum atomic E-state index is 12.3. The molecule has 0 fully saturated rings. The Balaban J connectivity index is 1.83. The van der Waals surface area contributed by atoms with Crippen molar-refractivity contribution in [2.24, 2.45) is 0 Å². The van der Waals surface area contributed by atoms with Crippen LogP contribution in [0.4, 0.5) is 0 Å². The predicted molar refractivity (Wildman–Crippen MR) is 121 cm³/mol. The van der Waals surface area contributed by atoms with Gasteiger partial charge in [-0.2, -0.15) is 0 Å². The highest BCUT2D eigenvalue weighted by Crippen LogP contribution is 2.33. The molecule has 1 atom stereocenters. The summed E-state index contributed by atoms with van der Waals surface area (Å²) < 4.78 is 5.34. The smallest absolute Gasteiger partial charge is 0.242 e. The molecule has 0 radical (unpaired) electrons. The summed E-state index contributed by atoms with van der Waals surface area (Å²) in [6.07, 6.45) is 0. The number of rotatable bonds is 8. The van der Waals surface area contributed by atoms with Crippen molar-refractivity contribution >= 4 is 34.5 Å². The van der Waals surface area contributed by atoms with Gasteiger partial charge in [0.25, 0.3) is 0 Å². The van der Waals surface area contributed by atoms with Crippen molar-refractivity contribution in [3.63, 3.8) is 0 Å². The minimum absolute atomic E-state index is 0.167. The van der Waals surface area contributed by atoms with Crippen LogP contribution in [0.3, 0.4) is 0 Å². The second-order valence-corrected chi connectivity index (χ2v) is 7.73. The monoisotopic (exact) mass is 423 g/mol. The van der Waals surface area contributed by atoms with Crippen LogP contribution in [0.2, 0.25) is 0 Å². The van der Waals surface area contributed by atoms with Gasteiger partial charge in [-0.15, -0.1) is 0 Å². The van der Waals surface area contributed by atoms with E-state index in [0.717, 1.165) is 32.8 Å². The van der Waals surface area contributed by atoms with E-state index in [2.05, 4.69) is 10.6 Å². The quantitative estimate of drug-likeness (QED) is 0.541. The molecule has 7 heteroatoms. The molecule has 2 amide bonds. The standard InChI is InChI=1S/C23H25N3O3S/c1-4-24-23(28)15(2)25-21(27)14-30-22-13-19(16-8-6-5-7-9-16)18-11-10-17(29-3)12-20(18)26-22/h5-13,15H,4,14H2,1-3H3,(H,24,28)(H,25,27)/t15-/m0/s1. The average molecular weight is 424 g/mol. The second kappa shape index (κ2) is 10.1. The third-order valence-corrected chi connectivity index (χ3v) is 5.46. The molecule has 3 rings (SSSR count). The molecule has 0 aliphatic heterocycles. The number of fused-ring (bicyclic) bond motifs is 1. The van der Waals surface area contributed by atoms with Gasteiger partial charge in [-0.25, -0.2) is 4.98 Å². The van der Waals surface area contributed by atoms with Crippen LogP contribution in [-0.4, -0.2) is 42.2 Å². The number of nitrogens with one attached hydrogen (secondary N) is 2. The fourth-order valence-electron chi connectivity index (χ4n) is 3.06. The van der Waals surface area contributed by atoms with Crippen molar-refractivity contribution in [1.29, 1.82) is 0 Å². The number of benzene rings is 2. The minimum Gasteiger partial charge on any atom is -0.497 e. The van der Waals surface area contributed by atoms with Crippen LogP contribution >= 0.6 is 11.8 Å². The first kappa shape index (κ1) is 21.6. The van der Waals surface area contributed by atoms with Crippen LogP contribution in [0.1, 0.15) is 13.8 Å². The fourth-order valence-corrected chi connectivity index (χ4v) is 3.78. The molecule has 30 heavy (non-hydrogen) atoms. The molecule has 1 aromatic heterocycles. The summed E-state index contributed by atoms with van der Waals surface area (Å²) in [5.74, 6) is 0.482. The molecular formula is C23H25N3O3S. The van der Waals surface area contributed by atoms with E-state index in [1.165, 1.54) is 11.8 Å². The summed E-state index contributed by atoms with van der Waals surface area (Å²) >= 11 is 1.34. The first-order valence-corrected chi connectivity index (χ1v) is 10.7. The zero-order valence-corrected chi connectivity index (χ0v) is 18.1. The molecule has 0 bridgehead atoms. The van der Waals surface area contributed by atoms with Gasteiger partial charge < -0.3 is 15.4 Å². The Bertz CT molecular complexity index is 1040. The number of aromatic nitrogens is 1. The molecule has 2 N–H and O–H groups in total. The molecule has 6 nitrogen and oxygen atoms in total. The highest BCUT2D eigenvalue weighted by atomic mass is 32.2. The molecule has 3 aromatic rings. The number of methoxy groups -OCH3 is 1. The van der Waals surface area contributed by atoms with Crippen LogP contribution in [0.25, 0.3) is 22.0 Å². The van der Waals surface area contributed by atoms with Crippen molar-refractivity contribution in [2.45, 2.75) is 24.9 Å². The summed E-state index contributed by atoms with van der Waals surface area (Å²) in [7, 11) is 1.62. The number of likely N-dealkylation sites (N-methyl/N-ethyl adjacent to an activating group) is 1. The molecular weight excluding hydrogens is 398 g/mol. The van der Waals surface area contributed by atoms with E-state index in [4.69, 9.17) is 9.72 Å². The number of hydrogen-bond donors (Lipinski definition) is 2. The number of ether oxygens (including phenoxy) is 1. The first-order valence-electron chi connectivity index (χ1n) is 9.76. The average Bonchev–Trinajstić information content (AvgIpc) is 2.77. The fraction of sp³-hybridized carbons (Fsp3) is 0.261. The number of amides is 2. The zero-order chi connectivity index (χ0) is 21.5. The number of pyridine rings is 1. The summed E-state index contributed by atoms with van der Waals surface area (Å²) in [4.78, 5) is 28.8. The number of hydrogen-bond acceptors (Lipinski definition) is 5. The highest BCUT2D eigenvalue weighted by Gasteiger charge is 2.16. The van der Waals surface area contributed by atoms with Gasteiger partial charge in [0.15, 0.2) is 0 Å². The molecule has 1 heterocycles. The predicted octanol–water partition coefficient (Wildman–Crippen LogP) is 3.64. The highest BCUT2D eigenvalue weighted by molar-refractivity contribution is 7.99. The SMILES string of the molecule is CCNC(=O)[C@H](C)NC(=O)CSc1cc(-c2ccccc2)c2ccc(OC)cc2n1. The third kappa shape index (κ3) is 5.30. The molecule has 0 aliphatic rings. The normalized spacial score (nSPS) is 11.7. The van der Waals surface area contributed by atoms with E-state index in [9.17, 15) is 9.59 Å². The number of carbonyl (C=O) groups is 2. The first-order chi connectivity index (χ1) is 14.5. The lowest BCUT2D eigenvalue weighted by Crippen LogP contribution is -2.45. The van der Waals surface area contributed by atoms with Crippen molar-refractivity contribution < 1.29 is 14.3 Å². The molecule has 0 aliphatic carbocycles. The van der Waals surface area contributed by atoms with Gasteiger partial charge >= 0.3 is 0 Å². The molecule has 0 unspecified atom stereocenters. The molecule has 0 spiro atoms. The van der Waals surface area contributed by atoms with E-state index in [1.807, 2.05) is 61.5 Å². The van der Waals surface area contributed by atoms with Gasteiger partial charge in [0.2, 0.25) is 11.8 Å². The summed E-state index contributed by atoms with van der Waals surface area (Å²) in [6, 6.07) is 17.3. The summed E-state index contributed by atoms with van der Waals surface area (Å²) in [5, 5.41) is 7.16. The van der Waals surface area contributed by atoms with E-state index in [1.54, 1.807) is 14.0 Å². The molecule has 156 valence electrons. The zero-order valence-electron chi connectivity index (χ0n) is 17.3. The van der Waals surface area contributed by atoms with E-state index >= 15 is 0 Å². The van der Waals surface area contributed by atoms with E-state index in [-0.39, 0.29) is 17.6 Å². The van der Waals surface area contributed by atoms with Gasteiger partial charge in [-0.3, -0.25) is 9.59 Å². The summed E-state index contributed by atoms with van der Waals surface area (Å²) in [5.41, 5.74) is 2.92. The van der Waals surface area contributed by atoms with E-state index in [0.29, 0.717) is 6.54 Å². The number of thioether (sulfide) groups is 1. The van der Waals surface area contributed by atoms with Crippen LogP contribution in [0, 0.1) is 0 Å². The van der Waals surface area contributed by atoms with Crippen LogP contribution in [0.5, 0.6) is 5.75 Å². The Morgan fingerprint density at radius 3 is 2.60 bits per heavy atom. The Kier molecular flexibility index (Phi) is 7.30. The number of carbonyl (C=O) groups excluding carboxylic acids is 2. The maximum Gasteiger partial charge on any atom is 0.242 e. The van der Waals surface area contributed by atoms with Crippen molar-refractivity contribution in [3.8, 4) is 16.9 Å². The minimum atomic E-state index is -0.577. The van der Waals surface area contributed by atoms with Gasteiger partial charge in [0, 0.05) is 18.0 Å². The third-order valence-electron chi connectivity index (χ3n) is 4.55. The lowest BCUT2D eigenvalue weighted by atomic mass is 10.0. The summed E-state index contributed by atoms with van der Waals surface area (Å²) in [6.45, 7) is 4.04. The lowest BCUT2D eigenvalue weighted by Gasteiger charge is -2.14. The van der Waals surface area contributed by atoms with Crippen molar-refractivity contribution in [2.75, 3.05) is 19.4 Å². The Morgan fingerprint density at radius 1 is 1.13 bits per heavy atom. The second-order valence-electron chi connectivity index (χ2n) is 6.73. The van der Waals surface area contributed by atoms with E-state index < -0.39 is 6.04 Å². The maximum absolute atomic E-state index is 12.3. The van der Waals surface area contributed by atoms with Gasteiger partial charge in [0.1, 0.15) is 11.8 Å². The Hall–Kier alpha value is -3.06.